The Morgan fingerprint density at radius 2 is 2.07 bits per heavy atom. The zero-order valence-corrected chi connectivity index (χ0v) is 17.3. The van der Waals surface area contributed by atoms with E-state index in [9.17, 15) is 14.5 Å². The average Bonchev–Trinajstić information content (AvgIpc) is 3.45. The van der Waals surface area contributed by atoms with Gasteiger partial charge in [-0.25, -0.2) is 4.98 Å². The van der Waals surface area contributed by atoms with Gasteiger partial charge in [-0.15, -0.1) is 0 Å². The van der Waals surface area contributed by atoms with E-state index in [1.54, 1.807) is 0 Å². The molecule has 0 amide bonds. The van der Waals surface area contributed by atoms with Crippen molar-refractivity contribution in [1.82, 2.24) is 14.9 Å². The van der Waals surface area contributed by atoms with Crippen molar-refractivity contribution in [2.24, 2.45) is 0 Å². The van der Waals surface area contributed by atoms with Crippen molar-refractivity contribution in [2.45, 2.75) is 51.1 Å². The predicted molar refractivity (Wildman–Crippen MR) is 114 cm³/mol. The number of nitro benzene ring substituents is 1. The highest BCUT2D eigenvalue weighted by Gasteiger charge is 2.35. The summed E-state index contributed by atoms with van der Waals surface area (Å²) in [6.07, 6.45) is 5.45. The molecule has 2 aromatic rings. The molecule has 2 fully saturated rings. The molecule has 1 atom stereocenters. The molecule has 8 nitrogen and oxygen atoms in total. The van der Waals surface area contributed by atoms with Crippen molar-refractivity contribution in [2.75, 3.05) is 30.4 Å². The normalized spacial score (nSPS) is 18.8. The number of rotatable bonds is 8. The van der Waals surface area contributed by atoms with Crippen LogP contribution in [0.4, 0.5) is 27.5 Å². The summed E-state index contributed by atoms with van der Waals surface area (Å²) in [6, 6.07) is 6.98. The molecule has 1 saturated heterocycles. The van der Waals surface area contributed by atoms with Crippen LogP contribution in [-0.2, 0) is 6.42 Å². The molecule has 4 rings (SSSR count). The van der Waals surface area contributed by atoms with Crippen LogP contribution in [0.15, 0.2) is 24.3 Å². The lowest BCUT2D eigenvalue weighted by Gasteiger charge is -2.25. The number of likely N-dealkylation sites (N-methyl/N-ethyl adjacent to an activating group) is 1. The molecule has 0 spiro atoms. The Balaban J connectivity index is 1.56. The Bertz CT molecular complexity index is 936. The van der Waals surface area contributed by atoms with Crippen molar-refractivity contribution in [3.05, 3.63) is 45.9 Å². The van der Waals surface area contributed by atoms with Crippen LogP contribution in [0.3, 0.4) is 0 Å². The van der Waals surface area contributed by atoms with E-state index in [-0.39, 0.29) is 0 Å². The van der Waals surface area contributed by atoms with E-state index in [0.717, 1.165) is 56.0 Å². The minimum atomic E-state index is -0.866. The number of hydrogen-bond donors (Lipinski definition) is 1. The van der Waals surface area contributed by atoms with Gasteiger partial charge in [0, 0.05) is 48.7 Å². The first kappa shape index (κ1) is 20.5. The summed E-state index contributed by atoms with van der Waals surface area (Å²) in [7, 11) is 2.21. The van der Waals surface area contributed by atoms with Gasteiger partial charge < -0.3 is 10.2 Å². The summed E-state index contributed by atoms with van der Waals surface area (Å²) >= 11 is 0. The third kappa shape index (κ3) is 4.51. The van der Waals surface area contributed by atoms with Gasteiger partial charge in [-0.1, -0.05) is 13.3 Å². The molecule has 0 bridgehead atoms. The summed E-state index contributed by atoms with van der Waals surface area (Å²) < 4.78 is 13.6. The number of nitro groups is 1. The second kappa shape index (κ2) is 8.51. The number of halogens is 1. The molecule has 9 heteroatoms. The zero-order chi connectivity index (χ0) is 21.3. The molecule has 0 unspecified atom stereocenters. The summed E-state index contributed by atoms with van der Waals surface area (Å²) in [5, 5.41) is 14.0. The summed E-state index contributed by atoms with van der Waals surface area (Å²) in [6.45, 7) is 3.96. The summed E-state index contributed by atoms with van der Waals surface area (Å²) in [4.78, 5) is 24.3. The fraction of sp³-hybridized carbons (Fsp3) is 0.524. The van der Waals surface area contributed by atoms with E-state index in [4.69, 9.17) is 0 Å². The van der Waals surface area contributed by atoms with Crippen molar-refractivity contribution < 1.29 is 9.31 Å². The summed E-state index contributed by atoms with van der Waals surface area (Å²) in [5.74, 6) is 0.366. The Morgan fingerprint density at radius 3 is 2.77 bits per heavy atom. The van der Waals surface area contributed by atoms with Crippen LogP contribution in [0.5, 0.6) is 0 Å². The van der Waals surface area contributed by atoms with E-state index in [1.165, 1.54) is 25.0 Å². The average molecular weight is 414 g/mol. The Labute approximate surface area is 175 Å². The van der Waals surface area contributed by atoms with Gasteiger partial charge >= 0.3 is 5.69 Å². The molecule has 0 radical (unpaired) electrons. The number of nitrogens with one attached hydrogen (secondary N) is 1. The molecule has 2 heterocycles. The molecule has 1 saturated carbocycles. The fourth-order valence-electron chi connectivity index (χ4n) is 4.01. The number of anilines is 3. The van der Waals surface area contributed by atoms with Crippen molar-refractivity contribution >= 4 is 23.1 Å². The predicted octanol–water partition coefficient (Wildman–Crippen LogP) is 3.89. The van der Waals surface area contributed by atoms with Crippen LogP contribution in [0, 0.1) is 15.9 Å². The third-order valence-electron chi connectivity index (χ3n) is 5.86. The largest absolute Gasteiger partial charge is 0.355 e. The number of benzene rings is 1. The van der Waals surface area contributed by atoms with Crippen molar-refractivity contribution in [3.8, 4) is 0 Å². The lowest BCUT2D eigenvalue weighted by molar-refractivity contribution is -0.387. The highest BCUT2D eigenvalue weighted by Crippen LogP contribution is 2.31. The molecule has 1 aromatic heterocycles. The fourth-order valence-corrected chi connectivity index (χ4v) is 4.01. The van der Waals surface area contributed by atoms with Gasteiger partial charge in [0.25, 0.3) is 0 Å². The first-order chi connectivity index (χ1) is 14.4. The maximum Gasteiger partial charge on any atom is 0.306 e. The van der Waals surface area contributed by atoms with Gasteiger partial charge in [0.15, 0.2) is 0 Å². The number of aryl methyl sites for hydroxylation is 1. The smallest absolute Gasteiger partial charge is 0.306 e. The van der Waals surface area contributed by atoms with Gasteiger partial charge in [-0.05, 0) is 44.9 Å². The quantitative estimate of drug-likeness (QED) is 0.518. The molecular formula is C21H27FN6O2. The molecular weight excluding hydrogens is 387 g/mol. The maximum absolute atomic E-state index is 13.6. The van der Waals surface area contributed by atoms with Crippen LogP contribution < -0.4 is 10.2 Å². The topological polar surface area (TPSA) is 87.4 Å². The first-order valence-corrected chi connectivity index (χ1v) is 10.5. The van der Waals surface area contributed by atoms with Gasteiger partial charge in [0.1, 0.15) is 5.82 Å². The molecule has 1 aliphatic carbocycles. The maximum atomic E-state index is 13.6. The van der Waals surface area contributed by atoms with Crippen LogP contribution in [-0.4, -0.2) is 52.0 Å². The zero-order valence-electron chi connectivity index (χ0n) is 17.3. The minimum Gasteiger partial charge on any atom is -0.355 e. The molecule has 1 aromatic carbocycles. The summed E-state index contributed by atoms with van der Waals surface area (Å²) in [5.41, 5.74) is 0.728. The second-order valence-corrected chi connectivity index (χ2v) is 8.12. The van der Waals surface area contributed by atoms with Crippen LogP contribution >= 0.6 is 0 Å². The van der Waals surface area contributed by atoms with E-state index < -0.39 is 16.4 Å². The molecule has 1 N–H and O–H groups in total. The van der Waals surface area contributed by atoms with E-state index in [0.29, 0.717) is 17.7 Å². The highest BCUT2D eigenvalue weighted by atomic mass is 19.1. The Morgan fingerprint density at radius 1 is 1.27 bits per heavy atom. The van der Waals surface area contributed by atoms with Crippen molar-refractivity contribution in [1.29, 1.82) is 0 Å². The van der Waals surface area contributed by atoms with Crippen LogP contribution in [0.1, 0.15) is 38.3 Å². The lowest BCUT2D eigenvalue weighted by Crippen LogP contribution is -2.36. The van der Waals surface area contributed by atoms with Gasteiger partial charge in [0.05, 0.1) is 4.92 Å². The van der Waals surface area contributed by atoms with Crippen molar-refractivity contribution in [3.63, 3.8) is 0 Å². The van der Waals surface area contributed by atoms with E-state index >= 15 is 0 Å². The first-order valence-electron chi connectivity index (χ1n) is 10.5. The van der Waals surface area contributed by atoms with Gasteiger partial charge in [-0.3, -0.25) is 15.0 Å². The SMILES string of the molecule is CCCc1cc(N2CC[C@H](N(C)C3CC3)C2)nc(Nc2ccc(F)c([N+](=O)[O-])c2)n1. The molecule has 160 valence electrons. The van der Waals surface area contributed by atoms with Crippen LogP contribution in [0.25, 0.3) is 0 Å². The highest BCUT2D eigenvalue weighted by molar-refractivity contribution is 5.59. The van der Waals surface area contributed by atoms with E-state index in [1.807, 2.05) is 6.07 Å². The molecule has 1 aliphatic heterocycles. The number of nitrogens with zero attached hydrogens (tertiary/aromatic N) is 5. The Hall–Kier alpha value is -2.81. The minimum absolute atomic E-state index is 0.371. The van der Waals surface area contributed by atoms with Crippen LogP contribution in [0.2, 0.25) is 0 Å². The van der Waals surface area contributed by atoms with E-state index in [2.05, 4.69) is 39.1 Å². The van der Waals surface area contributed by atoms with Gasteiger partial charge in [-0.2, -0.15) is 9.37 Å². The standard InChI is InChI=1S/C21H27FN6O2/c1-3-4-14-12-20(27-10-9-17(13-27)26(2)16-6-7-16)25-21(23-14)24-15-5-8-18(22)19(11-15)28(29)30/h5,8,11-12,16-17H,3-4,6-7,9-10,13H2,1-2H3,(H,23,24,25)/t17-/m0/s1. The van der Waals surface area contributed by atoms with Gasteiger partial charge in [0.2, 0.25) is 11.8 Å². The Kier molecular flexibility index (Phi) is 5.80. The number of aromatic nitrogens is 2. The number of hydrogen-bond acceptors (Lipinski definition) is 7. The second-order valence-electron chi connectivity index (χ2n) is 8.12. The monoisotopic (exact) mass is 414 g/mol. The molecule has 30 heavy (non-hydrogen) atoms. The molecule has 2 aliphatic rings. The lowest BCUT2D eigenvalue weighted by atomic mass is 10.2. The third-order valence-corrected chi connectivity index (χ3v) is 5.86.